The van der Waals surface area contributed by atoms with Crippen molar-refractivity contribution in [2.45, 2.75) is 19.4 Å². The molecule has 0 saturated carbocycles. The molecule has 0 aromatic carbocycles. The lowest BCUT2D eigenvalue weighted by atomic mass is 10.4. The van der Waals surface area contributed by atoms with E-state index in [1.165, 1.54) is 37.3 Å². The number of nitrogen functional groups attached to an aromatic ring is 1. The average molecular weight is 210 g/mol. The molecule has 1 saturated heterocycles. The lowest BCUT2D eigenvalue weighted by Crippen LogP contribution is -2.18. The van der Waals surface area contributed by atoms with Crippen LogP contribution in [0.5, 0.6) is 0 Å². The Bertz CT molecular complexity index is 327. The van der Waals surface area contributed by atoms with Crippen molar-refractivity contribution >= 4 is 17.2 Å². The van der Waals surface area contributed by atoms with Crippen molar-refractivity contribution in [1.29, 1.82) is 5.41 Å². The van der Waals surface area contributed by atoms with Crippen LogP contribution in [-0.2, 0) is 6.54 Å². The normalized spacial score (nSPS) is 17.4. The van der Waals surface area contributed by atoms with E-state index < -0.39 is 0 Å². The third-order valence-corrected chi connectivity index (χ3v) is 3.39. The Hall–Kier alpha value is -0.940. The van der Waals surface area contributed by atoms with E-state index in [9.17, 15) is 0 Å². The van der Waals surface area contributed by atoms with Gasteiger partial charge in [-0.1, -0.05) is 0 Å². The summed E-state index contributed by atoms with van der Waals surface area (Å²) in [5, 5.41) is 8.33. The molecule has 1 aromatic rings. The fourth-order valence-corrected chi connectivity index (χ4v) is 2.46. The molecule has 2 rings (SSSR count). The van der Waals surface area contributed by atoms with E-state index in [-0.39, 0.29) is 5.84 Å². The highest BCUT2D eigenvalue weighted by molar-refractivity contribution is 7.13. The second-order valence-electron chi connectivity index (χ2n) is 3.52. The molecule has 4 nitrogen and oxygen atoms in total. The van der Waals surface area contributed by atoms with Crippen molar-refractivity contribution in [1.82, 2.24) is 9.88 Å². The number of nitrogens with one attached hydrogen (secondary N) is 1. The minimum absolute atomic E-state index is 0.121. The van der Waals surface area contributed by atoms with Crippen LogP contribution in [-0.4, -0.2) is 28.8 Å². The molecule has 1 aromatic heterocycles. The lowest BCUT2D eigenvalue weighted by molar-refractivity contribution is 0.331. The monoisotopic (exact) mass is 210 g/mol. The zero-order chi connectivity index (χ0) is 9.97. The minimum atomic E-state index is 0.121. The van der Waals surface area contributed by atoms with Crippen molar-refractivity contribution in [2.24, 2.45) is 5.73 Å². The predicted molar refractivity (Wildman–Crippen MR) is 57.6 cm³/mol. The van der Waals surface area contributed by atoms with Crippen LogP contribution in [0.2, 0.25) is 0 Å². The Balaban J connectivity index is 1.98. The first-order valence-electron chi connectivity index (χ1n) is 4.77. The summed E-state index contributed by atoms with van der Waals surface area (Å²) in [5.74, 6) is 0.121. The Kier molecular flexibility index (Phi) is 2.79. The molecule has 1 aliphatic rings. The maximum absolute atomic E-state index is 7.27. The number of hydrogen-bond donors (Lipinski definition) is 2. The molecule has 0 amide bonds. The molecule has 0 unspecified atom stereocenters. The second kappa shape index (κ2) is 4.06. The fourth-order valence-electron chi connectivity index (χ4n) is 1.64. The SMILES string of the molecule is N=C(N)c1cnc(CN2CCCC2)s1. The quantitative estimate of drug-likeness (QED) is 0.578. The average Bonchev–Trinajstić information content (AvgIpc) is 2.75. The summed E-state index contributed by atoms with van der Waals surface area (Å²) in [6, 6.07) is 0. The topological polar surface area (TPSA) is 66.0 Å². The standard InChI is InChI=1S/C9H14N4S/c10-9(11)7-5-12-8(14-7)6-13-3-1-2-4-13/h5H,1-4,6H2,(H3,10,11). The van der Waals surface area contributed by atoms with E-state index in [0.717, 1.165) is 16.4 Å². The Morgan fingerprint density at radius 1 is 1.57 bits per heavy atom. The molecule has 0 bridgehead atoms. The number of nitrogens with two attached hydrogens (primary N) is 1. The second-order valence-corrected chi connectivity index (χ2v) is 4.63. The van der Waals surface area contributed by atoms with Crippen LogP contribution in [0.4, 0.5) is 0 Å². The summed E-state index contributed by atoms with van der Waals surface area (Å²) in [6.07, 6.45) is 4.29. The highest BCUT2D eigenvalue weighted by atomic mass is 32.1. The van der Waals surface area contributed by atoms with Crippen LogP contribution in [0.15, 0.2) is 6.20 Å². The molecule has 0 spiro atoms. The van der Waals surface area contributed by atoms with E-state index in [2.05, 4.69) is 9.88 Å². The van der Waals surface area contributed by atoms with Gasteiger partial charge >= 0.3 is 0 Å². The molecule has 14 heavy (non-hydrogen) atoms. The van der Waals surface area contributed by atoms with Gasteiger partial charge < -0.3 is 5.73 Å². The first kappa shape index (κ1) is 9.61. The largest absolute Gasteiger partial charge is 0.383 e. The molecular weight excluding hydrogens is 196 g/mol. The third kappa shape index (κ3) is 2.10. The molecule has 76 valence electrons. The van der Waals surface area contributed by atoms with Crippen LogP contribution in [0.1, 0.15) is 22.7 Å². The highest BCUT2D eigenvalue weighted by Gasteiger charge is 2.13. The van der Waals surface area contributed by atoms with Crippen molar-refractivity contribution < 1.29 is 0 Å². The molecule has 2 heterocycles. The minimum Gasteiger partial charge on any atom is -0.383 e. The van der Waals surface area contributed by atoms with Gasteiger partial charge in [0.2, 0.25) is 0 Å². The van der Waals surface area contributed by atoms with E-state index in [0.29, 0.717) is 0 Å². The third-order valence-electron chi connectivity index (χ3n) is 2.38. The summed E-state index contributed by atoms with van der Waals surface area (Å²) >= 11 is 1.53. The van der Waals surface area contributed by atoms with Gasteiger partial charge in [0, 0.05) is 6.20 Å². The number of hydrogen-bond acceptors (Lipinski definition) is 4. The number of likely N-dealkylation sites (tertiary alicyclic amines) is 1. The van der Waals surface area contributed by atoms with Gasteiger partial charge in [0.05, 0.1) is 11.4 Å². The van der Waals surface area contributed by atoms with Gasteiger partial charge in [-0.25, -0.2) is 4.98 Å². The predicted octanol–water partition coefficient (Wildman–Crippen LogP) is 1.02. The number of aromatic nitrogens is 1. The van der Waals surface area contributed by atoms with E-state index in [1.54, 1.807) is 6.20 Å². The van der Waals surface area contributed by atoms with E-state index >= 15 is 0 Å². The lowest BCUT2D eigenvalue weighted by Gasteiger charge is -2.11. The van der Waals surface area contributed by atoms with Crippen molar-refractivity contribution in [3.63, 3.8) is 0 Å². The first-order chi connectivity index (χ1) is 6.75. The highest BCUT2D eigenvalue weighted by Crippen LogP contribution is 2.17. The Labute approximate surface area is 87.3 Å². The zero-order valence-electron chi connectivity index (χ0n) is 7.99. The van der Waals surface area contributed by atoms with Gasteiger partial charge in [-0.3, -0.25) is 10.3 Å². The number of thiazole rings is 1. The van der Waals surface area contributed by atoms with Gasteiger partial charge in [-0.2, -0.15) is 0 Å². The maximum atomic E-state index is 7.27. The molecule has 3 N–H and O–H groups in total. The number of rotatable bonds is 3. The molecule has 5 heteroatoms. The number of nitrogens with zero attached hydrogens (tertiary/aromatic N) is 2. The summed E-state index contributed by atoms with van der Waals surface area (Å²) in [5.41, 5.74) is 5.38. The number of amidine groups is 1. The van der Waals surface area contributed by atoms with Crippen LogP contribution >= 0.6 is 11.3 Å². The molecule has 0 radical (unpaired) electrons. The summed E-state index contributed by atoms with van der Waals surface area (Å²) in [7, 11) is 0. The van der Waals surface area contributed by atoms with Crippen LogP contribution in [0.3, 0.4) is 0 Å². The molecular formula is C9H14N4S. The summed E-state index contributed by atoms with van der Waals surface area (Å²) < 4.78 is 0. The summed E-state index contributed by atoms with van der Waals surface area (Å²) in [6.45, 7) is 3.27. The first-order valence-corrected chi connectivity index (χ1v) is 5.59. The Morgan fingerprint density at radius 2 is 2.29 bits per heavy atom. The van der Waals surface area contributed by atoms with Gasteiger partial charge in [-0.15, -0.1) is 11.3 Å². The summed E-state index contributed by atoms with van der Waals surface area (Å²) in [4.78, 5) is 7.43. The molecule has 0 aliphatic carbocycles. The van der Waals surface area contributed by atoms with Gasteiger partial charge in [0.25, 0.3) is 0 Å². The van der Waals surface area contributed by atoms with Crippen LogP contribution < -0.4 is 5.73 Å². The molecule has 0 atom stereocenters. The smallest absolute Gasteiger partial charge is 0.134 e. The Morgan fingerprint density at radius 3 is 2.86 bits per heavy atom. The van der Waals surface area contributed by atoms with Crippen molar-refractivity contribution in [3.8, 4) is 0 Å². The van der Waals surface area contributed by atoms with Crippen molar-refractivity contribution in [3.05, 3.63) is 16.1 Å². The van der Waals surface area contributed by atoms with Gasteiger partial charge in [0.15, 0.2) is 0 Å². The maximum Gasteiger partial charge on any atom is 0.134 e. The molecule has 1 fully saturated rings. The zero-order valence-corrected chi connectivity index (χ0v) is 8.81. The van der Waals surface area contributed by atoms with Gasteiger partial charge in [0.1, 0.15) is 10.8 Å². The van der Waals surface area contributed by atoms with E-state index in [1.807, 2.05) is 0 Å². The van der Waals surface area contributed by atoms with Crippen molar-refractivity contribution in [2.75, 3.05) is 13.1 Å². The van der Waals surface area contributed by atoms with Crippen LogP contribution in [0, 0.1) is 5.41 Å². The fraction of sp³-hybridized carbons (Fsp3) is 0.556. The van der Waals surface area contributed by atoms with Crippen LogP contribution in [0.25, 0.3) is 0 Å². The van der Waals surface area contributed by atoms with E-state index in [4.69, 9.17) is 11.1 Å². The van der Waals surface area contributed by atoms with Gasteiger partial charge in [-0.05, 0) is 25.9 Å². The molecule has 1 aliphatic heterocycles.